The van der Waals surface area contributed by atoms with Gasteiger partial charge in [-0.25, -0.2) is 0 Å². The van der Waals surface area contributed by atoms with Gasteiger partial charge in [-0.3, -0.25) is 4.79 Å². The minimum Gasteiger partial charge on any atom is -0.461 e. The van der Waals surface area contributed by atoms with E-state index >= 15 is 0 Å². The van der Waals surface area contributed by atoms with Crippen LogP contribution in [0.5, 0.6) is 0 Å². The van der Waals surface area contributed by atoms with E-state index in [9.17, 15) is 4.79 Å². The number of carbonyl (C=O) groups excluding carboxylic acids is 1. The zero-order valence-electron chi connectivity index (χ0n) is 11.3. The number of unbranched alkanes of at least 4 members (excludes halogenated alkanes) is 1. The van der Waals surface area contributed by atoms with Crippen LogP contribution in [-0.2, 0) is 16.1 Å². The summed E-state index contributed by atoms with van der Waals surface area (Å²) in [6.45, 7) is 5.48. The normalized spacial score (nSPS) is 12.1. The summed E-state index contributed by atoms with van der Waals surface area (Å²) in [7, 11) is 0. The molecule has 0 aliphatic heterocycles. The van der Waals surface area contributed by atoms with E-state index in [0.717, 1.165) is 19.4 Å². The summed E-state index contributed by atoms with van der Waals surface area (Å²) in [4.78, 5) is 11.4. The fourth-order valence-electron chi connectivity index (χ4n) is 1.66. The van der Waals surface area contributed by atoms with E-state index in [4.69, 9.17) is 4.74 Å². The Balaban J connectivity index is 2.13. The third-order valence-corrected chi connectivity index (χ3v) is 2.67. The van der Waals surface area contributed by atoms with E-state index in [1.165, 1.54) is 5.56 Å². The van der Waals surface area contributed by atoms with Crippen molar-refractivity contribution >= 4 is 5.97 Å². The van der Waals surface area contributed by atoms with Crippen LogP contribution in [0.15, 0.2) is 30.3 Å². The largest absolute Gasteiger partial charge is 0.461 e. The molecule has 3 heteroatoms. The number of ether oxygens (including phenoxy) is 1. The van der Waals surface area contributed by atoms with E-state index < -0.39 is 0 Å². The van der Waals surface area contributed by atoms with Crippen molar-refractivity contribution in [1.29, 1.82) is 0 Å². The summed E-state index contributed by atoms with van der Waals surface area (Å²) < 4.78 is 5.29. The molecular weight excluding hydrogens is 226 g/mol. The Bertz CT molecular complexity index is 338. The summed E-state index contributed by atoms with van der Waals surface area (Å²) in [5.41, 5.74) is 1.24. The molecule has 0 aliphatic rings. The third kappa shape index (κ3) is 6.40. The van der Waals surface area contributed by atoms with Crippen molar-refractivity contribution in [2.45, 2.75) is 45.8 Å². The van der Waals surface area contributed by atoms with Crippen LogP contribution in [0.1, 0.15) is 38.7 Å². The van der Waals surface area contributed by atoms with Gasteiger partial charge in [0, 0.05) is 19.5 Å². The molecule has 1 aromatic carbocycles. The molecule has 0 fully saturated rings. The van der Waals surface area contributed by atoms with Crippen molar-refractivity contribution in [3.63, 3.8) is 0 Å². The van der Waals surface area contributed by atoms with Gasteiger partial charge < -0.3 is 10.1 Å². The molecule has 3 nitrogen and oxygen atoms in total. The molecular formula is C15H23NO2. The molecule has 18 heavy (non-hydrogen) atoms. The highest BCUT2D eigenvalue weighted by atomic mass is 16.5. The number of benzene rings is 1. The van der Waals surface area contributed by atoms with Gasteiger partial charge >= 0.3 is 5.97 Å². The van der Waals surface area contributed by atoms with E-state index in [1.54, 1.807) is 0 Å². The predicted molar refractivity (Wildman–Crippen MR) is 73.2 cm³/mol. The Morgan fingerprint density at radius 3 is 2.72 bits per heavy atom. The maximum atomic E-state index is 11.4. The van der Waals surface area contributed by atoms with Crippen LogP contribution in [0, 0.1) is 0 Å². The first-order valence-corrected chi connectivity index (χ1v) is 6.66. The minimum absolute atomic E-state index is 0.0712. The first kappa shape index (κ1) is 14.7. The van der Waals surface area contributed by atoms with Gasteiger partial charge in [-0.05, 0) is 18.9 Å². The number of nitrogens with one attached hydrogen (secondary N) is 1. The molecule has 1 atom stereocenters. The Morgan fingerprint density at radius 2 is 2.06 bits per heavy atom. The highest BCUT2D eigenvalue weighted by Gasteiger charge is 2.08. The Morgan fingerprint density at radius 1 is 1.33 bits per heavy atom. The average Bonchev–Trinajstić information content (AvgIpc) is 2.37. The number of esters is 1. The number of hydrogen-bond donors (Lipinski definition) is 1. The molecule has 0 amide bonds. The van der Waals surface area contributed by atoms with E-state index in [0.29, 0.717) is 13.0 Å². The molecule has 0 aliphatic carbocycles. The molecule has 0 spiro atoms. The molecule has 1 rings (SSSR count). The monoisotopic (exact) mass is 249 g/mol. The van der Waals surface area contributed by atoms with Gasteiger partial charge in [0.1, 0.15) is 6.10 Å². The molecule has 1 unspecified atom stereocenters. The summed E-state index contributed by atoms with van der Waals surface area (Å²) in [5, 5.41) is 3.29. The van der Waals surface area contributed by atoms with Crippen molar-refractivity contribution in [1.82, 2.24) is 5.32 Å². The molecule has 0 aromatic heterocycles. The zero-order valence-corrected chi connectivity index (χ0v) is 11.3. The fourth-order valence-corrected chi connectivity index (χ4v) is 1.66. The van der Waals surface area contributed by atoms with Gasteiger partial charge in [0.05, 0.1) is 0 Å². The zero-order chi connectivity index (χ0) is 13.2. The highest BCUT2D eigenvalue weighted by molar-refractivity contribution is 5.69. The van der Waals surface area contributed by atoms with E-state index in [2.05, 4.69) is 24.4 Å². The van der Waals surface area contributed by atoms with Crippen LogP contribution >= 0.6 is 0 Å². The molecule has 0 heterocycles. The molecule has 100 valence electrons. The van der Waals surface area contributed by atoms with Crippen LogP contribution in [0.25, 0.3) is 0 Å². The van der Waals surface area contributed by atoms with Crippen LogP contribution < -0.4 is 5.32 Å². The predicted octanol–water partition coefficient (Wildman–Crippen LogP) is 2.90. The van der Waals surface area contributed by atoms with Gasteiger partial charge in [-0.2, -0.15) is 0 Å². The van der Waals surface area contributed by atoms with Crippen LogP contribution in [0.3, 0.4) is 0 Å². The van der Waals surface area contributed by atoms with Crippen LogP contribution in [0.2, 0.25) is 0 Å². The molecule has 0 saturated carbocycles. The molecule has 0 radical (unpaired) electrons. The van der Waals surface area contributed by atoms with Crippen LogP contribution in [-0.4, -0.2) is 18.6 Å². The first-order valence-electron chi connectivity index (χ1n) is 6.66. The van der Waals surface area contributed by atoms with E-state index in [-0.39, 0.29) is 12.1 Å². The lowest BCUT2D eigenvalue weighted by molar-refractivity contribution is -0.148. The lowest BCUT2D eigenvalue weighted by atomic mass is 10.2. The van der Waals surface area contributed by atoms with Crippen molar-refractivity contribution in [3.05, 3.63) is 35.9 Å². The Labute approximate surface area is 110 Å². The van der Waals surface area contributed by atoms with Crippen molar-refractivity contribution in [2.24, 2.45) is 0 Å². The second-order valence-corrected chi connectivity index (χ2v) is 4.52. The van der Waals surface area contributed by atoms with Crippen LogP contribution in [0.4, 0.5) is 0 Å². The molecule has 1 N–H and O–H groups in total. The van der Waals surface area contributed by atoms with Crippen molar-refractivity contribution < 1.29 is 9.53 Å². The van der Waals surface area contributed by atoms with Gasteiger partial charge in [0.25, 0.3) is 0 Å². The Kier molecular flexibility index (Phi) is 7.11. The first-order chi connectivity index (χ1) is 8.72. The summed E-state index contributed by atoms with van der Waals surface area (Å²) in [6, 6.07) is 10.2. The number of rotatable bonds is 8. The topological polar surface area (TPSA) is 38.3 Å². The summed E-state index contributed by atoms with van der Waals surface area (Å²) in [5.74, 6) is -0.0918. The van der Waals surface area contributed by atoms with Gasteiger partial charge in [-0.1, -0.05) is 43.7 Å². The Hall–Kier alpha value is -1.35. The number of carbonyl (C=O) groups is 1. The molecule has 0 saturated heterocycles. The second kappa shape index (κ2) is 8.70. The lowest BCUT2D eigenvalue weighted by Crippen LogP contribution is -2.28. The maximum absolute atomic E-state index is 11.4. The SMILES string of the molecule is CCCCC(=O)OC(C)CNCc1ccccc1. The molecule has 0 bridgehead atoms. The maximum Gasteiger partial charge on any atom is 0.306 e. The highest BCUT2D eigenvalue weighted by Crippen LogP contribution is 2.01. The summed E-state index contributed by atoms with van der Waals surface area (Å²) >= 11 is 0. The lowest BCUT2D eigenvalue weighted by Gasteiger charge is -2.14. The standard InChI is InChI=1S/C15H23NO2/c1-3-4-10-15(17)18-13(2)11-16-12-14-8-6-5-7-9-14/h5-9,13,16H,3-4,10-12H2,1-2H3. The fraction of sp³-hybridized carbons (Fsp3) is 0.533. The smallest absolute Gasteiger partial charge is 0.306 e. The number of hydrogen-bond acceptors (Lipinski definition) is 3. The minimum atomic E-state index is -0.0918. The quantitative estimate of drug-likeness (QED) is 0.720. The third-order valence-electron chi connectivity index (χ3n) is 2.67. The van der Waals surface area contributed by atoms with Crippen molar-refractivity contribution in [2.75, 3.05) is 6.54 Å². The van der Waals surface area contributed by atoms with Gasteiger partial charge in [0.2, 0.25) is 0 Å². The molecule has 1 aromatic rings. The average molecular weight is 249 g/mol. The van der Waals surface area contributed by atoms with Gasteiger partial charge in [-0.15, -0.1) is 0 Å². The second-order valence-electron chi connectivity index (χ2n) is 4.52. The van der Waals surface area contributed by atoms with Gasteiger partial charge in [0.15, 0.2) is 0 Å². The van der Waals surface area contributed by atoms with E-state index in [1.807, 2.05) is 25.1 Å². The summed E-state index contributed by atoms with van der Waals surface area (Å²) in [6.07, 6.45) is 2.39. The van der Waals surface area contributed by atoms with Crippen molar-refractivity contribution in [3.8, 4) is 0 Å².